The molecule has 1 amide bonds. The van der Waals surface area contributed by atoms with E-state index in [1.165, 1.54) is 12.1 Å². The number of rotatable bonds is 4. The van der Waals surface area contributed by atoms with E-state index >= 15 is 0 Å². The van der Waals surface area contributed by atoms with E-state index in [0.717, 1.165) is 29.5 Å². The minimum absolute atomic E-state index is 0.0374. The molecule has 0 bridgehead atoms. The number of nitro groups is 1. The van der Waals surface area contributed by atoms with Crippen molar-refractivity contribution in [2.24, 2.45) is 0 Å². The molecule has 0 saturated carbocycles. The fourth-order valence-corrected chi connectivity index (χ4v) is 2.24. The average molecular weight is 310 g/mol. The number of hydrogen-bond donors (Lipinski definition) is 2. The fraction of sp³-hybridized carbons (Fsp3) is 0. The highest BCUT2D eigenvalue weighted by atomic mass is 32.1. The number of carbonyl (C=O) groups is 2. The van der Waals surface area contributed by atoms with Gasteiger partial charge in [-0.25, -0.2) is 4.79 Å². The molecule has 0 aliphatic heterocycles. The molecule has 21 heavy (non-hydrogen) atoms. The molecule has 0 spiro atoms. The zero-order valence-corrected chi connectivity index (χ0v) is 11.0. The number of hydrogen-bond acceptors (Lipinski definition) is 5. The topological polar surface area (TPSA) is 110 Å². The van der Waals surface area contributed by atoms with E-state index in [9.17, 15) is 24.1 Å². The lowest BCUT2D eigenvalue weighted by molar-refractivity contribution is -0.387. The van der Waals surface area contributed by atoms with Gasteiger partial charge in [0.25, 0.3) is 5.91 Å². The van der Waals surface area contributed by atoms with Gasteiger partial charge in [0, 0.05) is 11.6 Å². The molecule has 2 N–H and O–H groups in total. The molecule has 2 aromatic rings. The molecule has 1 aromatic heterocycles. The van der Waals surface area contributed by atoms with Gasteiger partial charge >= 0.3 is 11.7 Å². The van der Waals surface area contributed by atoms with E-state index in [0.29, 0.717) is 0 Å². The summed E-state index contributed by atoms with van der Waals surface area (Å²) in [7, 11) is 0. The van der Waals surface area contributed by atoms with Crippen LogP contribution in [0.4, 0.5) is 15.1 Å². The number of carboxylic acids is 1. The number of carbonyl (C=O) groups excluding carboxylic acids is 1. The summed E-state index contributed by atoms with van der Waals surface area (Å²) in [6.07, 6.45) is 0. The van der Waals surface area contributed by atoms with Crippen molar-refractivity contribution in [3.8, 4) is 0 Å². The third kappa shape index (κ3) is 3.20. The highest BCUT2D eigenvalue weighted by molar-refractivity contribution is 7.18. The molecule has 1 aromatic carbocycles. The quantitative estimate of drug-likeness (QED) is 0.666. The lowest BCUT2D eigenvalue weighted by atomic mass is 10.2. The summed E-state index contributed by atoms with van der Waals surface area (Å²) >= 11 is 0.838. The molecule has 0 aliphatic rings. The zero-order chi connectivity index (χ0) is 15.6. The summed E-state index contributed by atoms with van der Waals surface area (Å²) in [4.78, 5) is 32.3. The number of halogens is 1. The molecule has 7 nitrogen and oxygen atoms in total. The molecule has 0 atom stereocenters. The maximum Gasteiger partial charge on any atom is 0.345 e. The number of benzene rings is 1. The molecule has 0 saturated heterocycles. The van der Waals surface area contributed by atoms with Crippen molar-refractivity contribution in [1.29, 1.82) is 0 Å². The van der Waals surface area contributed by atoms with Gasteiger partial charge in [0.1, 0.15) is 4.88 Å². The van der Waals surface area contributed by atoms with Crippen LogP contribution < -0.4 is 5.32 Å². The van der Waals surface area contributed by atoms with Crippen LogP contribution in [-0.2, 0) is 0 Å². The second-order valence-corrected chi connectivity index (χ2v) is 4.93. The van der Waals surface area contributed by atoms with E-state index < -0.39 is 28.3 Å². The maximum absolute atomic E-state index is 13.2. The number of nitrogens with zero attached hydrogens (tertiary/aromatic N) is 1. The van der Waals surface area contributed by atoms with Gasteiger partial charge in [0.2, 0.25) is 5.82 Å². The first-order valence-corrected chi connectivity index (χ1v) is 6.28. The molecule has 0 unspecified atom stereocenters. The Bertz CT molecular complexity index is 743. The summed E-state index contributed by atoms with van der Waals surface area (Å²) in [6, 6.07) is 5.45. The number of nitro benzene ring substituents is 1. The van der Waals surface area contributed by atoms with Crippen LogP contribution in [0.2, 0.25) is 0 Å². The predicted octanol–water partition coefficient (Wildman–Crippen LogP) is 2.75. The Morgan fingerprint density at radius 2 is 2.00 bits per heavy atom. The molecule has 0 radical (unpaired) electrons. The van der Waals surface area contributed by atoms with Gasteiger partial charge < -0.3 is 10.4 Å². The van der Waals surface area contributed by atoms with Crippen molar-refractivity contribution >= 4 is 33.9 Å². The van der Waals surface area contributed by atoms with Crippen LogP contribution in [0.3, 0.4) is 0 Å². The third-order valence-electron chi connectivity index (χ3n) is 2.46. The molecular formula is C12H7FN2O5S. The number of amides is 1. The van der Waals surface area contributed by atoms with Crippen LogP contribution in [-0.4, -0.2) is 21.9 Å². The Labute approximate surface area is 120 Å². The standard InChI is InChI=1S/C12H7FN2O5S/c13-7-2-1-6(5-8(7)15(19)20)11(16)14-10-4-3-9(21-10)12(17)18/h1-5H,(H,14,16)(H,17,18). The van der Waals surface area contributed by atoms with Gasteiger partial charge in [-0.2, -0.15) is 4.39 Å². The molecule has 108 valence electrons. The van der Waals surface area contributed by atoms with Crippen LogP contribution in [0, 0.1) is 15.9 Å². The van der Waals surface area contributed by atoms with E-state index in [1.807, 2.05) is 0 Å². The smallest absolute Gasteiger partial charge is 0.345 e. The third-order valence-corrected chi connectivity index (χ3v) is 3.45. The van der Waals surface area contributed by atoms with E-state index in [-0.39, 0.29) is 15.4 Å². The lowest BCUT2D eigenvalue weighted by Gasteiger charge is -2.02. The zero-order valence-electron chi connectivity index (χ0n) is 10.2. The molecule has 9 heteroatoms. The maximum atomic E-state index is 13.2. The van der Waals surface area contributed by atoms with E-state index in [4.69, 9.17) is 5.11 Å². The number of anilines is 1. The average Bonchev–Trinajstić information content (AvgIpc) is 2.87. The summed E-state index contributed by atoms with van der Waals surface area (Å²) < 4.78 is 13.2. The lowest BCUT2D eigenvalue weighted by Crippen LogP contribution is -2.11. The molecule has 0 aliphatic carbocycles. The number of aromatic carboxylic acids is 1. The van der Waals surface area contributed by atoms with Crippen LogP contribution >= 0.6 is 11.3 Å². The van der Waals surface area contributed by atoms with Crippen molar-refractivity contribution in [2.75, 3.05) is 5.32 Å². The second-order valence-electron chi connectivity index (χ2n) is 3.85. The van der Waals surface area contributed by atoms with Crippen molar-refractivity contribution < 1.29 is 24.0 Å². The SMILES string of the molecule is O=C(Nc1ccc(C(=O)O)s1)c1ccc(F)c([N+](=O)[O-])c1. The Kier molecular flexibility index (Phi) is 3.94. The highest BCUT2D eigenvalue weighted by Gasteiger charge is 2.18. The second kappa shape index (κ2) is 5.67. The van der Waals surface area contributed by atoms with Gasteiger partial charge in [-0.15, -0.1) is 11.3 Å². The van der Waals surface area contributed by atoms with Crippen LogP contribution in [0.5, 0.6) is 0 Å². The van der Waals surface area contributed by atoms with Crippen molar-refractivity contribution in [3.05, 3.63) is 56.7 Å². The van der Waals surface area contributed by atoms with Gasteiger partial charge in [0.15, 0.2) is 0 Å². The monoisotopic (exact) mass is 310 g/mol. The Hall–Kier alpha value is -2.81. The van der Waals surface area contributed by atoms with Gasteiger partial charge in [-0.1, -0.05) is 0 Å². The van der Waals surface area contributed by atoms with Crippen molar-refractivity contribution in [2.45, 2.75) is 0 Å². The minimum Gasteiger partial charge on any atom is -0.477 e. The Balaban J connectivity index is 2.22. The summed E-state index contributed by atoms with van der Waals surface area (Å²) in [5, 5.41) is 22.0. The van der Waals surface area contributed by atoms with Gasteiger partial charge in [-0.3, -0.25) is 14.9 Å². The first kappa shape index (κ1) is 14.6. The summed E-state index contributed by atoms with van der Waals surface area (Å²) in [6.45, 7) is 0. The van der Waals surface area contributed by atoms with Gasteiger partial charge in [0.05, 0.1) is 9.92 Å². The number of carboxylic acid groups (broad SMARTS) is 1. The highest BCUT2D eigenvalue weighted by Crippen LogP contribution is 2.24. The largest absolute Gasteiger partial charge is 0.477 e. The van der Waals surface area contributed by atoms with Crippen LogP contribution in [0.25, 0.3) is 0 Å². The molecule has 1 heterocycles. The van der Waals surface area contributed by atoms with Crippen LogP contribution in [0.1, 0.15) is 20.0 Å². The van der Waals surface area contributed by atoms with Crippen molar-refractivity contribution in [1.82, 2.24) is 0 Å². The summed E-state index contributed by atoms with van der Waals surface area (Å²) in [5.74, 6) is -2.87. The van der Waals surface area contributed by atoms with E-state index in [1.54, 1.807) is 0 Å². The number of nitrogens with one attached hydrogen (secondary N) is 1. The van der Waals surface area contributed by atoms with E-state index in [2.05, 4.69) is 5.32 Å². The van der Waals surface area contributed by atoms with Crippen molar-refractivity contribution in [3.63, 3.8) is 0 Å². The Morgan fingerprint density at radius 3 is 2.57 bits per heavy atom. The normalized spacial score (nSPS) is 10.1. The van der Waals surface area contributed by atoms with Gasteiger partial charge in [-0.05, 0) is 24.3 Å². The molecular weight excluding hydrogens is 303 g/mol. The Morgan fingerprint density at radius 1 is 1.29 bits per heavy atom. The first-order valence-electron chi connectivity index (χ1n) is 5.47. The molecule has 2 rings (SSSR count). The minimum atomic E-state index is -1.13. The fourth-order valence-electron chi connectivity index (χ4n) is 1.50. The first-order chi connectivity index (χ1) is 9.88. The summed E-state index contributed by atoms with van der Waals surface area (Å²) in [5.41, 5.74) is -0.909. The predicted molar refractivity (Wildman–Crippen MR) is 72.3 cm³/mol. The molecule has 0 fully saturated rings. The number of thiophene rings is 1. The van der Waals surface area contributed by atoms with Crippen LogP contribution in [0.15, 0.2) is 30.3 Å².